The molecule has 0 bridgehead atoms. The first-order valence-electron chi connectivity index (χ1n) is 7.59. The molecule has 1 fully saturated rings. The predicted octanol–water partition coefficient (Wildman–Crippen LogP) is 1.57. The summed E-state index contributed by atoms with van der Waals surface area (Å²) in [4.78, 5) is 37.1. The van der Waals surface area contributed by atoms with Crippen LogP contribution >= 0.6 is 11.8 Å². The molecule has 1 aliphatic rings. The number of hydrogen-bond acceptors (Lipinski definition) is 9. The highest BCUT2D eigenvalue weighted by atomic mass is 32.2. The van der Waals surface area contributed by atoms with E-state index in [1.807, 2.05) is 6.92 Å². The van der Waals surface area contributed by atoms with Crippen molar-refractivity contribution in [3.05, 3.63) is 10.4 Å². The number of esters is 3. The standard InChI is InChI=1S/C14H21N3O7S/c1-5-25-14-13(23-9(4)20)12(22-8(3)19)11(21-7(2)18)10(24-14)6-16-17-15/h10-14H,5-6H2,1-4H3/t10?,11-,12-,13?,14-/m1/s1. The fourth-order valence-corrected chi connectivity index (χ4v) is 3.37. The average molecular weight is 375 g/mol. The molecule has 0 aromatic rings. The van der Waals surface area contributed by atoms with E-state index in [0.29, 0.717) is 5.75 Å². The van der Waals surface area contributed by atoms with Gasteiger partial charge in [-0.1, -0.05) is 12.0 Å². The Labute approximate surface area is 149 Å². The van der Waals surface area contributed by atoms with Crippen LogP contribution in [0.2, 0.25) is 0 Å². The molecule has 0 spiro atoms. The van der Waals surface area contributed by atoms with E-state index >= 15 is 0 Å². The Morgan fingerprint density at radius 2 is 1.56 bits per heavy atom. The van der Waals surface area contributed by atoms with Gasteiger partial charge in [-0.15, -0.1) is 11.8 Å². The molecule has 0 aromatic carbocycles. The van der Waals surface area contributed by atoms with Crippen LogP contribution in [0.15, 0.2) is 5.11 Å². The fourth-order valence-electron chi connectivity index (χ4n) is 2.42. The predicted molar refractivity (Wildman–Crippen MR) is 87.5 cm³/mol. The maximum absolute atomic E-state index is 11.5. The molecule has 1 heterocycles. The van der Waals surface area contributed by atoms with Gasteiger partial charge in [-0.05, 0) is 11.3 Å². The van der Waals surface area contributed by atoms with Crippen LogP contribution in [0.5, 0.6) is 0 Å². The van der Waals surface area contributed by atoms with Crippen LogP contribution < -0.4 is 0 Å². The Balaban J connectivity index is 3.25. The molecule has 25 heavy (non-hydrogen) atoms. The monoisotopic (exact) mass is 375 g/mol. The minimum Gasteiger partial charge on any atom is -0.456 e. The molecule has 0 aromatic heterocycles. The van der Waals surface area contributed by atoms with Crippen molar-refractivity contribution in [2.45, 2.75) is 57.5 Å². The highest BCUT2D eigenvalue weighted by molar-refractivity contribution is 7.99. The number of carbonyl (C=O) groups excluding carboxylic acids is 3. The number of carbonyl (C=O) groups is 3. The van der Waals surface area contributed by atoms with Crippen molar-refractivity contribution in [3.63, 3.8) is 0 Å². The molecule has 1 rings (SSSR count). The number of azide groups is 1. The summed E-state index contributed by atoms with van der Waals surface area (Å²) in [5.41, 5.74) is 7.87. The van der Waals surface area contributed by atoms with Crippen molar-refractivity contribution < 1.29 is 33.3 Å². The van der Waals surface area contributed by atoms with E-state index in [9.17, 15) is 14.4 Å². The lowest BCUT2D eigenvalue weighted by molar-refractivity contribution is -0.230. The summed E-state index contributed by atoms with van der Waals surface area (Å²) in [6.07, 6.45) is -3.98. The molecule has 0 N–H and O–H groups in total. The molecule has 0 radical (unpaired) electrons. The van der Waals surface area contributed by atoms with Crippen LogP contribution in [0, 0.1) is 0 Å². The third-order valence-corrected chi connectivity index (χ3v) is 4.19. The van der Waals surface area contributed by atoms with Gasteiger partial charge in [0.05, 0.1) is 6.54 Å². The van der Waals surface area contributed by atoms with Gasteiger partial charge in [-0.3, -0.25) is 14.4 Å². The van der Waals surface area contributed by atoms with Gasteiger partial charge in [-0.2, -0.15) is 0 Å². The van der Waals surface area contributed by atoms with Crippen LogP contribution in [-0.2, 0) is 33.3 Å². The van der Waals surface area contributed by atoms with Gasteiger partial charge in [0.1, 0.15) is 11.5 Å². The topological polar surface area (TPSA) is 137 Å². The summed E-state index contributed by atoms with van der Waals surface area (Å²) >= 11 is 1.33. The summed E-state index contributed by atoms with van der Waals surface area (Å²) in [5, 5.41) is 3.45. The first-order valence-corrected chi connectivity index (χ1v) is 8.64. The number of ether oxygens (including phenoxy) is 4. The Morgan fingerprint density at radius 1 is 1.04 bits per heavy atom. The van der Waals surface area contributed by atoms with E-state index in [1.54, 1.807) is 0 Å². The van der Waals surface area contributed by atoms with E-state index in [-0.39, 0.29) is 6.54 Å². The van der Waals surface area contributed by atoms with E-state index in [0.717, 1.165) is 0 Å². The van der Waals surface area contributed by atoms with Crippen molar-refractivity contribution in [2.24, 2.45) is 5.11 Å². The molecule has 0 amide bonds. The smallest absolute Gasteiger partial charge is 0.303 e. The zero-order valence-electron chi connectivity index (χ0n) is 14.4. The highest BCUT2D eigenvalue weighted by Crippen LogP contribution is 2.34. The van der Waals surface area contributed by atoms with Gasteiger partial charge in [0.15, 0.2) is 18.3 Å². The Morgan fingerprint density at radius 3 is 2.04 bits per heavy atom. The Kier molecular flexibility index (Phi) is 8.53. The number of thioether (sulfide) groups is 1. The van der Waals surface area contributed by atoms with Crippen LogP contribution in [0.25, 0.3) is 10.4 Å². The summed E-state index contributed by atoms with van der Waals surface area (Å²) < 4.78 is 21.6. The summed E-state index contributed by atoms with van der Waals surface area (Å²) in [7, 11) is 0. The molecular formula is C14H21N3O7S. The van der Waals surface area contributed by atoms with Crippen LogP contribution in [-0.4, -0.2) is 60.1 Å². The molecule has 1 aliphatic heterocycles. The molecule has 11 heteroatoms. The third kappa shape index (κ3) is 6.45. The third-order valence-electron chi connectivity index (χ3n) is 3.15. The molecule has 1 saturated heterocycles. The van der Waals surface area contributed by atoms with Gasteiger partial charge in [0.2, 0.25) is 0 Å². The van der Waals surface area contributed by atoms with Gasteiger partial charge in [0.25, 0.3) is 0 Å². The van der Waals surface area contributed by atoms with E-state index in [2.05, 4.69) is 10.0 Å². The van der Waals surface area contributed by atoms with Crippen molar-refractivity contribution >= 4 is 29.7 Å². The highest BCUT2D eigenvalue weighted by Gasteiger charge is 2.51. The first-order chi connectivity index (χ1) is 11.8. The summed E-state index contributed by atoms with van der Waals surface area (Å²) in [5.74, 6) is -1.24. The van der Waals surface area contributed by atoms with E-state index in [4.69, 9.17) is 24.5 Å². The second-order valence-corrected chi connectivity index (χ2v) is 6.51. The molecule has 2 unspecified atom stereocenters. The number of nitrogens with zero attached hydrogens (tertiary/aromatic N) is 3. The quantitative estimate of drug-likeness (QED) is 0.215. The lowest BCUT2D eigenvalue weighted by atomic mass is 9.99. The van der Waals surface area contributed by atoms with Gasteiger partial charge >= 0.3 is 17.9 Å². The number of rotatable bonds is 7. The summed E-state index contributed by atoms with van der Waals surface area (Å²) in [6, 6.07) is 0. The van der Waals surface area contributed by atoms with E-state index in [1.165, 1.54) is 32.5 Å². The van der Waals surface area contributed by atoms with Gasteiger partial charge in [0, 0.05) is 25.7 Å². The molecule has 0 aliphatic carbocycles. The Bertz CT molecular complexity index is 553. The molecule has 5 atom stereocenters. The molecule has 10 nitrogen and oxygen atoms in total. The molecular weight excluding hydrogens is 354 g/mol. The lowest BCUT2D eigenvalue weighted by Gasteiger charge is -2.44. The minimum atomic E-state index is -1.08. The van der Waals surface area contributed by atoms with Crippen molar-refractivity contribution in [1.29, 1.82) is 0 Å². The van der Waals surface area contributed by atoms with Crippen molar-refractivity contribution in [3.8, 4) is 0 Å². The second-order valence-electron chi connectivity index (χ2n) is 5.13. The van der Waals surface area contributed by atoms with Crippen LogP contribution in [0.3, 0.4) is 0 Å². The number of hydrogen-bond donors (Lipinski definition) is 0. The molecule has 0 saturated carbocycles. The fraction of sp³-hybridized carbons (Fsp3) is 0.786. The normalized spacial score (nSPS) is 28.4. The average Bonchev–Trinajstić information content (AvgIpc) is 2.50. The zero-order chi connectivity index (χ0) is 19.0. The van der Waals surface area contributed by atoms with Crippen LogP contribution in [0.1, 0.15) is 27.7 Å². The van der Waals surface area contributed by atoms with Crippen molar-refractivity contribution in [1.82, 2.24) is 0 Å². The van der Waals surface area contributed by atoms with Crippen molar-refractivity contribution in [2.75, 3.05) is 12.3 Å². The maximum atomic E-state index is 11.5. The van der Waals surface area contributed by atoms with Crippen LogP contribution in [0.4, 0.5) is 0 Å². The van der Waals surface area contributed by atoms with Gasteiger partial charge in [-0.25, -0.2) is 0 Å². The largest absolute Gasteiger partial charge is 0.456 e. The lowest BCUT2D eigenvalue weighted by Crippen LogP contribution is -2.61. The second kappa shape index (κ2) is 10.1. The SMILES string of the molecule is CCS[C@H]1OC(CN=[N+]=[N-])[C@@H](OC(C)=O)[C@@H](OC(C)=O)C1OC(C)=O. The zero-order valence-corrected chi connectivity index (χ0v) is 15.2. The molecule has 140 valence electrons. The first kappa shape index (κ1) is 21.1. The van der Waals surface area contributed by atoms with E-state index < -0.39 is 47.8 Å². The van der Waals surface area contributed by atoms with Gasteiger partial charge < -0.3 is 18.9 Å². The minimum absolute atomic E-state index is 0.139. The maximum Gasteiger partial charge on any atom is 0.303 e. The summed E-state index contributed by atoms with van der Waals surface area (Å²) in [6.45, 7) is 5.32. The Hall–Kier alpha value is -1.97.